The molecular weight excluding hydrogens is 242 g/mol. The highest BCUT2D eigenvalue weighted by Gasteiger charge is 2.08. The van der Waals surface area contributed by atoms with Crippen molar-refractivity contribution in [3.05, 3.63) is 47.8 Å². The largest absolute Gasteiger partial charge is 0.480 e. The third kappa shape index (κ3) is 3.42. The minimum absolute atomic E-state index is 0.0420. The number of nitrogens with zero attached hydrogens (tertiary/aromatic N) is 3. The molecule has 1 aromatic carbocycles. The first-order valence-corrected chi connectivity index (χ1v) is 6.06. The van der Waals surface area contributed by atoms with E-state index in [2.05, 4.69) is 11.2 Å². The van der Waals surface area contributed by atoms with Crippen LogP contribution in [0.2, 0.25) is 0 Å². The van der Waals surface area contributed by atoms with E-state index in [1.54, 1.807) is 22.8 Å². The Balaban J connectivity index is 2.13. The van der Waals surface area contributed by atoms with E-state index in [-0.39, 0.29) is 6.54 Å². The van der Waals surface area contributed by atoms with Gasteiger partial charge in [-0.3, -0.25) is 9.69 Å². The molecule has 1 heterocycles. The Morgan fingerprint density at radius 2 is 2.26 bits per heavy atom. The molecule has 1 aromatic heterocycles. The Morgan fingerprint density at radius 3 is 2.84 bits per heavy atom. The normalized spacial score (nSPS) is 10.9. The zero-order valence-corrected chi connectivity index (χ0v) is 11.1. The van der Waals surface area contributed by atoms with Crippen molar-refractivity contribution >= 4 is 5.97 Å². The number of carboxylic acids is 1. The Bertz CT molecular complexity index is 564. The zero-order valence-electron chi connectivity index (χ0n) is 11.1. The van der Waals surface area contributed by atoms with Crippen LogP contribution in [0.5, 0.6) is 0 Å². The summed E-state index contributed by atoms with van der Waals surface area (Å²) < 4.78 is 1.80. The number of rotatable bonds is 5. The Morgan fingerprint density at radius 1 is 1.47 bits per heavy atom. The summed E-state index contributed by atoms with van der Waals surface area (Å²) in [6, 6.07) is 7.94. The number of aromatic nitrogens is 2. The van der Waals surface area contributed by atoms with Crippen LogP contribution in [-0.2, 0) is 11.3 Å². The van der Waals surface area contributed by atoms with Gasteiger partial charge in [0.2, 0.25) is 0 Å². The number of aryl methyl sites for hydroxylation is 1. The van der Waals surface area contributed by atoms with Gasteiger partial charge in [-0.05, 0) is 43.3 Å². The van der Waals surface area contributed by atoms with Crippen LogP contribution in [0.3, 0.4) is 0 Å². The smallest absolute Gasteiger partial charge is 0.317 e. The van der Waals surface area contributed by atoms with Crippen LogP contribution in [0.15, 0.2) is 36.7 Å². The fraction of sp³-hybridized carbons (Fsp3) is 0.286. The summed E-state index contributed by atoms with van der Waals surface area (Å²) in [6.45, 7) is 2.69. The molecule has 2 aromatic rings. The monoisotopic (exact) mass is 259 g/mol. The zero-order chi connectivity index (χ0) is 13.8. The lowest BCUT2D eigenvalue weighted by Gasteiger charge is -2.16. The summed E-state index contributed by atoms with van der Waals surface area (Å²) in [6.07, 6.45) is 3.63. The van der Waals surface area contributed by atoms with Crippen molar-refractivity contribution in [1.29, 1.82) is 0 Å². The number of carbonyl (C=O) groups is 1. The second kappa shape index (κ2) is 5.67. The third-order valence-corrected chi connectivity index (χ3v) is 2.94. The summed E-state index contributed by atoms with van der Waals surface area (Å²) >= 11 is 0. The van der Waals surface area contributed by atoms with Crippen LogP contribution >= 0.6 is 0 Å². The number of aliphatic carboxylic acids is 1. The van der Waals surface area contributed by atoms with Crippen molar-refractivity contribution in [2.45, 2.75) is 13.5 Å². The molecule has 0 saturated carbocycles. The van der Waals surface area contributed by atoms with Gasteiger partial charge < -0.3 is 5.11 Å². The van der Waals surface area contributed by atoms with Gasteiger partial charge in [-0.1, -0.05) is 6.07 Å². The minimum Gasteiger partial charge on any atom is -0.480 e. The van der Waals surface area contributed by atoms with Crippen LogP contribution in [0, 0.1) is 6.92 Å². The minimum atomic E-state index is -0.812. The molecule has 2 rings (SSSR count). The van der Waals surface area contributed by atoms with Crippen molar-refractivity contribution in [1.82, 2.24) is 14.7 Å². The van der Waals surface area contributed by atoms with Gasteiger partial charge in [0, 0.05) is 18.9 Å². The van der Waals surface area contributed by atoms with Gasteiger partial charge in [-0.2, -0.15) is 5.10 Å². The van der Waals surface area contributed by atoms with E-state index in [1.165, 1.54) is 0 Å². The van der Waals surface area contributed by atoms with Gasteiger partial charge >= 0.3 is 5.97 Å². The molecule has 0 fully saturated rings. The van der Waals surface area contributed by atoms with Gasteiger partial charge in [0.25, 0.3) is 0 Å². The topological polar surface area (TPSA) is 58.4 Å². The van der Waals surface area contributed by atoms with Gasteiger partial charge in [-0.15, -0.1) is 0 Å². The molecule has 0 aliphatic carbocycles. The van der Waals surface area contributed by atoms with E-state index in [4.69, 9.17) is 5.11 Å². The molecule has 0 atom stereocenters. The predicted octanol–water partition coefficient (Wildman–Crippen LogP) is 1.70. The molecule has 0 saturated heterocycles. The Kier molecular flexibility index (Phi) is 3.97. The van der Waals surface area contributed by atoms with E-state index in [1.807, 2.05) is 31.3 Å². The average Bonchev–Trinajstić information content (AvgIpc) is 2.84. The molecule has 0 aliphatic rings. The highest BCUT2D eigenvalue weighted by molar-refractivity contribution is 5.69. The summed E-state index contributed by atoms with van der Waals surface area (Å²) in [7, 11) is 1.80. The second-order valence-electron chi connectivity index (χ2n) is 4.63. The summed E-state index contributed by atoms with van der Waals surface area (Å²) in [4.78, 5) is 12.4. The van der Waals surface area contributed by atoms with Crippen molar-refractivity contribution in [3.63, 3.8) is 0 Å². The molecule has 1 N–H and O–H groups in total. The number of hydrogen-bond acceptors (Lipinski definition) is 3. The number of benzene rings is 1. The molecule has 0 radical (unpaired) electrons. The van der Waals surface area contributed by atoms with E-state index in [0.29, 0.717) is 6.54 Å². The maximum atomic E-state index is 10.6. The molecular formula is C14H17N3O2. The molecule has 0 aliphatic heterocycles. The van der Waals surface area contributed by atoms with E-state index in [0.717, 1.165) is 16.8 Å². The van der Waals surface area contributed by atoms with Crippen LogP contribution in [-0.4, -0.2) is 39.3 Å². The molecule has 5 heteroatoms. The quantitative estimate of drug-likeness (QED) is 0.888. The molecule has 5 nitrogen and oxygen atoms in total. The summed E-state index contributed by atoms with van der Waals surface area (Å²) in [5.74, 6) is -0.812. The fourth-order valence-corrected chi connectivity index (χ4v) is 2.00. The number of likely N-dealkylation sites (N-methyl/N-ethyl adjacent to an activating group) is 1. The molecule has 0 unspecified atom stereocenters. The van der Waals surface area contributed by atoms with Crippen LogP contribution in [0.1, 0.15) is 11.1 Å². The van der Waals surface area contributed by atoms with E-state index >= 15 is 0 Å². The van der Waals surface area contributed by atoms with Crippen LogP contribution in [0.25, 0.3) is 5.69 Å². The van der Waals surface area contributed by atoms with E-state index < -0.39 is 5.97 Å². The highest BCUT2D eigenvalue weighted by atomic mass is 16.4. The molecule has 0 amide bonds. The van der Waals surface area contributed by atoms with E-state index in [9.17, 15) is 4.79 Å². The van der Waals surface area contributed by atoms with Crippen molar-refractivity contribution < 1.29 is 9.90 Å². The lowest BCUT2D eigenvalue weighted by molar-refractivity contribution is -0.138. The Labute approximate surface area is 112 Å². The summed E-state index contributed by atoms with van der Waals surface area (Å²) in [5, 5.41) is 12.9. The number of hydrogen-bond donors (Lipinski definition) is 1. The second-order valence-corrected chi connectivity index (χ2v) is 4.63. The highest BCUT2D eigenvalue weighted by Crippen LogP contribution is 2.15. The lowest BCUT2D eigenvalue weighted by Crippen LogP contribution is -2.25. The first kappa shape index (κ1) is 13.3. The van der Waals surface area contributed by atoms with Crippen molar-refractivity contribution in [2.75, 3.05) is 13.6 Å². The molecule has 19 heavy (non-hydrogen) atoms. The standard InChI is InChI=1S/C14H17N3O2/c1-11-8-13(17-7-3-6-15-17)5-4-12(11)9-16(2)10-14(18)19/h3-8H,9-10H2,1-2H3,(H,18,19). The molecule has 100 valence electrons. The van der Waals surface area contributed by atoms with Crippen LogP contribution in [0.4, 0.5) is 0 Å². The maximum absolute atomic E-state index is 10.6. The first-order valence-electron chi connectivity index (χ1n) is 6.06. The van der Waals surface area contributed by atoms with Gasteiger partial charge in [0.1, 0.15) is 0 Å². The Hall–Kier alpha value is -2.14. The average molecular weight is 259 g/mol. The van der Waals surface area contributed by atoms with Crippen molar-refractivity contribution in [3.8, 4) is 5.69 Å². The predicted molar refractivity (Wildman–Crippen MR) is 72.3 cm³/mol. The lowest BCUT2D eigenvalue weighted by atomic mass is 10.1. The number of carboxylic acid groups (broad SMARTS) is 1. The summed E-state index contributed by atoms with van der Waals surface area (Å²) in [5.41, 5.74) is 3.26. The maximum Gasteiger partial charge on any atom is 0.317 e. The SMILES string of the molecule is Cc1cc(-n2cccn2)ccc1CN(C)CC(=O)O. The van der Waals surface area contributed by atoms with Gasteiger partial charge in [-0.25, -0.2) is 4.68 Å². The molecule has 0 bridgehead atoms. The van der Waals surface area contributed by atoms with Crippen molar-refractivity contribution in [2.24, 2.45) is 0 Å². The fourth-order valence-electron chi connectivity index (χ4n) is 2.00. The third-order valence-electron chi connectivity index (χ3n) is 2.94. The van der Waals surface area contributed by atoms with Gasteiger partial charge in [0.05, 0.1) is 12.2 Å². The first-order chi connectivity index (χ1) is 9.06. The van der Waals surface area contributed by atoms with Crippen LogP contribution < -0.4 is 0 Å². The van der Waals surface area contributed by atoms with Gasteiger partial charge in [0.15, 0.2) is 0 Å². The molecule has 0 spiro atoms.